The molecule has 0 aromatic heterocycles. The van der Waals surface area contributed by atoms with E-state index in [0.29, 0.717) is 25.4 Å². The van der Waals surface area contributed by atoms with Crippen molar-refractivity contribution in [2.24, 2.45) is 0 Å². The molecule has 1 unspecified atom stereocenters. The van der Waals surface area contributed by atoms with Gasteiger partial charge in [0.25, 0.3) is 0 Å². The molecule has 0 amide bonds. The Morgan fingerprint density at radius 2 is 2.17 bits per heavy atom. The molecule has 0 saturated carbocycles. The van der Waals surface area contributed by atoms with E-state index in [0.717, 1.165) is 12.2 Å². The van der Waals surface area contributed by atoms with E-state index in [-0.39, 0.29) is 6.10 Å². The highest BCUT2D eigenvalue weighted by Gasteiger charge is 2.01. The Bertz CT molecular complexity index is 387. The molecular formula is C14H19NO3. The van der Waals surface area contributed by atoms with Crippen molar-refractivity contribution in [2.45, 2.75) is 19.4 Å². The van der Waals surface area contributed by atoms with E-state index in [9.17, 15) is 0 Å². The van der Waals surface area contributed by atoms with Gasteiger partial charge in [0.1, 0.15) is 5.75 Å². The summed E-state index contributed by atoms with van der Waals surface area (Å²) in [6.07, 6.45) is 0.919. The van der Waals surface area contributed by atoms with Gasteiger partial charge >= 0.3 is 0 Å². The van der Waals surface area contributed by atoms with Crippen molar-refractivity contribution in [1.82, 2.24) is 0 Å². The third-order valence-corrected chi connectivity index (χ3v) is 2.32. The molecule has 1 rings (SSSR count). The summed E-state index contributed by atoms with van der Waals surface area (Å²) in [5, 5.41) is 8.75. The molecule has 1 atom stereocenters. The zero-order chi connectivity index (χ0) is 13.2. The summed E-state index contributed by atoms with van der Waals surface area (Å²) in [6.45, 7) is 3.79. The standard InChI is InChI=1S/C14H19NO3/c1-12(11-16-2)17-7-4-8-18-14-6-3-5-13(9-14)10-15/h3,5-6,9,12H,4,7-8,11H2,1-2H3. The van der Waals surface area contributed by atoms with Gasteiger partial charge in [-0.25, -0.2) is 0 Å². The van der Waals surface area contributed by atoms with Crippen molar-refractivity contribution in [2.75, 3.05) is 26.9 Å². The monoisotopic (exact) mass is 249 g/mol. The zero-order valence-corrected chi connectivity index (χ0v) is 10.9. The minimum atomic E-state index is 0.108. The molecular weight excluding hydrogens is 230 g/mol. The van der Waals surface area contributed by atoms with Crippen molar-refractivity contribution in [3.05, 3.63) is 29.8 Å². The Hall–Kier alpha value is -1.57. The fourth-order valence-electron chi connectivity index (χ4n) is 1.47. The maximum absolute atomic E-state index is 8.75. The van der Waals surface area contributed by atoms with Crippen LogP contribution in [-0.4, -0.2) is 33.0 Å². The molecule has 1 aromatic carbocycles. The number of methoxy groups -OCH3 is 1. The van der Waals surface area contributed by atoms with E-state index in [2.05, 4.69) is 6.07 Å². The quantitative estimate of drug-likeness (QED) is 0.664. The van der Waals surface area contributed by atoms with Crippen LogP contribution >= 0.6 is 0 Å². The first-order valence-electron chi connectivity index (χ1n) is 5.99. The van der Waals surface area contributed by atoms with E-state index in [1.54, 1.807) is 19.2 Å². The smallest absolute Gasteiger partial charge is 0.120 e. The van der Waals surface area contributed by atoms with Crippen LogP contribution in [0.2, 0.25) is 0 Å². The fourth-order valence-corrected chi connectivity index (χ4v) is 1.47. The topological polar surface area (TPSA) is 51.5 Å². The van der Waals surface area contributed by atoms with Crippen molar-refractivity contribution in [3.63, 3.8) is 0 Å². The SMILES string of the molecule is COCC(C)OCCCOc1cccc(C#N)c1. The minimum Gasteiger partial charge on any atom is -0.493 e. The van der Waals surface area contributed by atoms with E-state index in [1.165, 1.54) is 0 Å². The van der Waals surface area contributed by atoms with Crippen LogP contribution in [0.25, 0.3) is 0 Å². The van der Waals surface area contributed by atoms with E-state index >= 15 is 0 Å². The second-order valence-corrected chi connectivity index (χ2v) is 3.98. The van der Waals surface area contributed by atoms with Crippen LogP contribution in [0.1, 0.15) is 18.9 Å². The normalized spacial score (nSPS) is 11.8. The molecule has 0 fully saturated rings. The van der Waals surface area contributed by atoms with Crippen molar-refractivity contribution in [1.29, 1.82) is 5.26 Å². The van der Waals surface area contributed by atoms with Crippen LogP contribution in [0.15, 0.2) is 24.3 Å². The highest BCUT2D eigenvalue weighted by Crippen LogP contribution is 2.12. The number of benzene rings is 1. The van der Waals surface area contributed by atoms with E-state index in [1.807, 2.05) is 19.1 Å². The molecule has 4 heteroatoms. The third kappa shape index (κ3) is 5.67. The van der Waals surface area contributed by atoms with Gasteiger partial charge in [0.05, 0.1) is 37.6 Å². The molecule has 0 heterocycles. The lowest BCUT2D eigenvalue weighted by atomic mass is 10.2. The minimum absolute atomic E-state index is 0.108. The maximum atomic E-state index is 8.75. The van der Waals surface area contributed by atoms with Gasteiger partial charge in [0, 0.05) is 13.5 Å². The van der Waals surface area contributed by atoms with Crippen LogP contribution < -0.4 is 4.74 Å². The van der Waals surface area contributed by atoms with Gasteiger partial charge in [0.2, 0.25) is 0 Å². The molecule has 0 aliphatic rings. The molecule has 4 nitrogen and oxygen atoms in total. The first-order chi connectivity index (χ1) is 8.76. The second kappa shape index (κ2) is 8.51. The van der Waals surface area contributed by atoms with Crippen LogP contribution in [0.3, 0.4) is 0 Å². The third-order valence-electron chi connectivity index (χ3n) is 2.32. The molecule has 0 aliphatic carbocycles. The fraction of sp³-hybridized carbons (Fsp3) is 0.500. The summed E-state index contributed by atoms with van der Waals surface area (Å²) in [5.74, 6) is 0.721. The summed E-state index contributed by atoms with van der Waals surface area (Å²) in [6, 6.07) is 9.22. The molecule has 0 aliphatic heterocycles. The van der Waals surface area contributed by atoms with E-state index in [4.69, 9.17) is 19.5 Å². The average Bonchev–Trinajstić information content (AvgIpc) is 2.39. The van der Waals surface area contributed by atoms with Crippen molar-refractivity contribution in [3.8, 4) is 11.8 Å². The van der Waals surface area contributed by atoms with Gasteiger partial charge in [-0.15, -0.1) is 0 Å². The largest absolute Gasteiger partial charge is 0.493 e. The van der Waals surface area contributed by atoms with Crippen LogP contribution in [0.4, 0.5) is 0 Å². The number of hydrogen-bond acceptors (Lipinski definition) is 4. The van der Waals surface area contributed by atoms with Gasteiger partial charge in [-0.1, -0.05) is 6.07 Å². The van der Waals surface area contributed by atoms with Crippen LogP contribution in [-0.2, 0) is 9.47 Å². The van der Waals surface area contributed by atoms with Gasteiger partial charge in [-0.3, -0.25) is 0 Å². The summed E-state index contributed by atoms with van der Waals surface area (Å²) in [5.41, 5.74) is 0.609. The first-order valence-corrected chi connectivity index (χ1v) is 5.99. The predicted molar refractivity (Wildman–Crippen MR) is 68.6 cm³/mol. The molecule has 0 spiro atoms. The number of nitrogens with zero attached hydrogens (tertiary/aromatic N) is 1. The summed E-state index contributed by atoms with van der Waals surface area (Å²) >= 11 is 0. The summed E-state index contributed by atoms with van der Waals surface area (Å²) in [7, 11) is 1.66. The van der Waals surface area contributed by atoms with Gasteiger partial charge in [-0.05, 0) is 25.1 Å². The van der Waals surface area contributed by atoms with E-state index < -0.39 is 0 Å². The number of ether oxygens (including phenoxy) is 3. The molecule has 0 N–H and O–H groups in total. The lowest BCUT2D eigenvalue weighted by Gasteiger charge is -2.12. The predicted octanol–water partition coefficient (Wildman–Crippen LogP) is 2.38. The Kier molecular flexibility index (Phi) is 6.85. The molecule has 18 heavy (non-hydrogen) atoms. The molecule has 0 bridgehead atoms. The Balaban J connectivity index is 2.16. The second-order valence-electron chi connectivity index (χ2n) is 3.98. The van der Waals surface area contributed by atoms with Crippen molar-refractivity contribution >= 4 is 0 Å². The Labute approximate surface area is 108 Å². The van der Waals surface area contributed by atoms with Gasteiger partial charge in [-0.2, -0.15) is 5.26 Å². The maximum Gasteiger partial charge on any atom is 0.120 e. The lowest BCUT2D eigenvalue weighted by Crippen LogP contribution is -2.16. The zero-order valence-electron chi connectivity index (χ0n) is 10.9. The summed E-state index contributed by atoms with van der Waals surface area (Å²) < 4.78 is 16.0. The molecule has 0 radical (unpaired) electrons. The Morgan fingerprint density at radius 1 is 1.33 bits per heavy atom. The number of hydrogen-bond donors (Lipinski definition) is 0. The van der Waals surface area contributed by atoms with Crippen LogP contribution in [0, 0.1) is 11.3 Å². The average molecular weight is 249 g/mol. The molecule has 1 aromatic rings. The summed E-state index contributed by atoms with van der Waals surface area (Å²) in [4.78, 5) is 0. The van der Waals surface area contributed by atoms with Gasteiger partial charge < -0.3 is 14.2 Å². The lowest BCUT2D eigenvalue weighted by molar-refractivity contribution is 0.00509. The van der Waals surface area contributed by atoms with Crippen molar-refractivity contribution < 1.29 is 14.2 Å². The number of rotatable bonds is 8. The van der Waals surface area contributed by atoms with Gasteiger partial charge in [0.15, 0.2) is 0 Å². The first kappa shape index (κ1) is 14.5. The molecule has 0 saturated heterocycles. The van der Waals surface area contributed by atoms with Crippen LogP contribution in [0.5, 0.6) is 5.75 Å². The highest BCUT2D eigenvalue weighted by atomic mass is 16.5. The highest BCUT2D eigenvalue weighted by molar-refractivity contribution is 5.36. The Morgan fingerprint density at radius 3 is 2.89 bits per heavy atom. The number of nitriles is 1. The molecule has 98 valence electrons.